The molecular weight excluding hydrogens is 499 g/mol. The molecule has 5 aromatic rings. The van der Waals surface area contributed by atoms with Crippen molar-refractivity contribution in [1.29, 1.82) is 0 Å². The molecule has 1 amide bonds. The Kier molecular flexibility index (Phi) is 6.57. The highest BCUT2D eigenvalue weighted by molar-refractivity contribution is 5.91. The van der Waals surface area contributed by atoms with E-state index in [-0.39, 0.29) is 18.0 Å². The number of nitrogens with zero attached hydrogens (tertiary/aromatic N) is 5. The normalized spacial score (nSPS) is 17.4. The van der Waals surface area contributed by atoms with Gasteiger partial charge >= 0.3 is 6.09 Å². The van der Waals surface area contributed by atoms with Gasteiger partial charge in [0.25, 0.3) is 0 Å². The molecule has 0 unspecified atom stereocenters. The van der Waals surface area contributed by atoms with Crippen LogP contribution in [0.15, 0.2) is 61.2 Å². The van der Waals surface area contributed by atoms with Gasteiger partial charge in [-0.3, -0.25) is 10.4 Å². The molecular formula is C28H29FN8O2. The van der Waals surface area contributed by atoms with Gasteiger partial charge in [-0.1, -0.05) is 12.1 Å². The number of H-pyrrole nitrogens is 1. The molecule has 1 fully saturated rings. The molecule has 1 saturated carbocycles. The van der Waals surface area contributed by atoms with E-state index in [1.165, 1.54) is 18.5 Å². The first-order valence-electron chi connectivity index (χ1n) is 13.0. The number of aryl methyl sites for hydroxylation is 1. The number of hydrogen-bond donors (Lipinski definition) is 3. The molecule has 1 aliphatic rings. The Labute approximate surface area is 224 Å². The number of aromatic nitrogens is 5. The summed E-state index contributed by atoms with van der Waals surface area (Å²) in [6.07, 6.45) is 7.52. The quantitative estimate of drug-likeness (QED) is 0.276. The van der Waals surface area contributed by atoms with E-state index in [4.69, 9.17) is 10.5 Å². The number of anilines is 3. The van der Waals surface area contributed by atoms with E-state index in [9.17, 15) is 9.18 Å². The lowest BCUT2D eigenvalue weighted by Gasteiger charge is -2.26. The van der Waals surface area contributed by atoms with E-state index in [2.05, 4.69) is 25.6 Å². The summed E-state index contributed by atoms with van der Waals surface area (Å²) in [7, 11) is 0. The zero-order chi connectivity index (χ0) is 26.9. The van der Waals surface area contributed by atoms with Crippen LogP contribution in [0.1, 0.15) is 36.8 Å². The van der Waals surface area contributed by atoms with Crippen molar-refractivity contribution in [3.8, 4) is 0 Å². The highest BCUT2D eigenvalue weighted by Crippen LogP contribution is 2.35. The number of ether oxygens (including phenoxy) is 1. The first-order chi connectivity index (χ1) is 18.9. The molecule has 3 aromatic heterocycles. The third kappa shape index (κ3) is 5.13. The summed E-state index contributed by atoms with van der Waals surface area (Å²) in [5.41, 5.74) is 10.6. The van der Waals surface area contributed by atoms with Crippen LogP contribution in [-0.4, -0.2) is 43.0 Å². The zero-order valence-electron chi connectivity index (χ0n) is 21.5. The van der Waals surface area contributed by atoms with E-state index in [0.717, 1.165) is 53.4 Å². The minimum Gasteiger partial charge on any atom is -0.446 e. The lowest BCUT2D eigenvalue weighted by Crippen LogP contribution is -2.32. The number of nitrogens with two attached hydrogens (primary N) is 1. The number of carbonyl (C=O) groups is 1. The molecule has 3 heterocycles. The second-order valence-electron chi connectivity index (χ2n) is 9.97. The maximum absolute atomic E-state index is 14.1. The average molecular weight is 529 g/mol. The monoisotopic (exact) mass is 528 g/mol. The number of amides is 1. The van der Waals surface area contributed by atoms with Gasteiger partial charge in [0.15, 0.2) is 5.82 Å². The van der Waals surface area contributed by atoms with Gasteiger partial charge in [0, 0.05) is 29.2 Å². The summed E-state index contributed by atoms with van der Waals surface area (Å²) in [5.74, 6) is 0.298. The third-order valence-corrected chi connectivity index (χ3v) is 7.26. The van der Waals surface area contributed by atoms with Crippen LogP contribution in [0.3, 0.4) is 0 Å². The molecule has 1 aliphatic carbocycles. The smallest absolute Gasteiger partial charge is 0.411 e. The fourth-order valence-corrected chi connectivity index (χ4v) is 5.17. The van der Waals surface area contributed by atoms with Gasteiger partial charge in [0.05, 0.1) is 23.6 Å². The van der Waals surface area contributed by atoms with Gasteiger partial charge in [-0.15, -0.1) is 0 Å². The topological polar surface area (TPSA) is 126 Å². The Morgan fingerprint density at radius 1 is 1.23 bits per heavy atom. The highest BCUT2D eigenvalue weighted by atomic mass is 19.1. The maximum Gasteiger partial charge on any atom is 0.411 e. The maximum atomic E-state index is 14.1. The van der Waals surface area contributed by atoms with Crippen LogP contribution in [-0.2, 0) is 11.3 Å². The summed E-state index contributed by atoms with van der Waals surface area (Å²) in [6, 6.07) is 12.6. The largest absolute Gasteiger partial charge is 0.446 e. The molecule has 0 bridgehead atoms. The predicted octanol–water partition coefficient (Wildman–Crippen LogP) is 5.21. The Bertz CT molecular complexity index is 1640. The Morgan fingerprint density at radius 2 is 2.08 bits per heavy atom. The van der Waals surface area contributed by atoms with Crippen molar-refractivity contribution in [2.45, 2.75) is 51.3 Å². The van der Waals surface area contributed by atoms with E-state index in [0.29, 0.717) is 23.6 Å². The molecule has 0 atom stereocenters. The highest BCUT2D eigenvalue weighted by Gasteiger charge is 2.24. The summed E-state index contributed by atoms with van der Waals surface area (Å²) >= 11 is 0. The lowest BCUT2D eigenvalue weighted by atomic mass is 9.94. The minimum atomic E-state index is -0.508. The van der Waals surface area contributed by atoms with Crippen molar-refractivity contribution in [2.24, 2.45) is 5.73 Å². The van der Waals surface area contributed by atoms with Crippen molar-refractivity contribution in [2.75, 3.05) is 10.2 Å². The molecule has 0 radical (unpaired) electrons. The second-order valence-corrected chi connectivity index (χ2v) is 9.97. The summed E-state index contributed by atoms with van der Waals surface area (Å²) in [6.45, 7) is 2.25. The molecule has 39 heavy (non-hydrogen) atoms. The Morgan fingerprint density at radius 3 is 2.90 bits per heavy atom. The van der Waals surface area contributed by atoms with Crippen molar-refractivity contribution < 1.29 is 13.9 Å². The van der Waals surface area contributed by atoms with Gasteiger partial charge < -0.3 is 15.4 Å². The van der Waals surface area contributed by atoms with Gasteiger partial charge in [0.2, 0.25) is 0 Å². The number of aromatic amines is 1. The predicted molar refractivity (Wildman–Crippen MR) is 146 cm³/mol. The minimum absolute atomic E-state index is 0.142. The number of hydrogen-bond acceptors (Lipinski definition) is 7. The van der Waals surface area contributed by atoms with Crippen LogP contribution in [0.4, 0.5) is 26.4 Å². The van der Waals surface area contributed by atoms with Gasteiger partial charge in [-0.25, -0.2) is 18.7 Å². The summed E-state index contributed by atoms with van der Waals surface area (Å²) in [5, 5.41) is 15.3. The van der Waals surface area contributed by atoms with Crippen LogP contribution >= 0.6 is 0 Å². The number of rotatable bonds is 6. The molecule has 10 nitrogen and oxygen atoms in total. The fraction of sp³-hybridized carbons (Fsp3) is 0.286. The number of fused-ring (bicyclic) bond motifs is 2. The first kappa shape index (κ1) is 24.8. The number of nitrogens with one attached hydrogen (secondary N) is 2. The molecule has 0 spiro atoms. The molecule has 11 heteroatoms. The number of benzene rings is 2. The molecule has 0 aliphatic heterocycles. The summed E-state index contributed by atoms with van der Waals surface area (Å²) < 4.78 is 21.4. The second kappa shape index (κ2) is 10.3. The van der Waals surface area contributed by atoms with Crippen molar-refractivity contribution in [3.63, 3.8) is 0 Å². The van der Waals surface area contributed by atoms with Crippen LogP contribution in [0, 0.1) is 12.7 Å². The molecule has 2 aromatic carbocycles. The van der Waals surface area contributed by atoms with Crippen LogP contribution in [0.5, 0.6) is 0 Å². The van der Waals surface area contributed by atoms with Gasteiger partial charge in [-0.2, -0.15) is 10.2 Å². The van der Waals surface area contributed by atoms with Crippen molar-refractivity contribution >= 4 is 39.7 Å². The van der Waals surface area contributed by atoms with Crippen LogP contribution in [0.25, 0.3) is 16.4 Å². The van der Waals surface area contributed by atoms with E-state index in [1.807, 2.05) is 36.1 Å². The average Bonchev–Trinajstić information content (AvgIpc) is 3.52. The van der Waals surface area contributed by atoms with E-state index < -0.39 is 6.09 Å². The molecule has 200 valence electrons. The third-order valence-electron chi connectivity index (χ3n) is 7.26. The Hall–Kier alpha value is -4.51. The van der Waals surface area contributed by atoms with E-state index >= 15 is 0 Å². The van der Waals surface area contributed by atoms with Crippen molar-refractivity contribution in [1.82, 2.24) is 24.8 Å². The van der Waals surface area contributed by atoms with E-state index in [1.54, 1.807) is 23.0 Å². The molecule has 4 N–H and O–H groups in total. The van der Waals surface area contributed by atoms with Gasteiger partial charge in [-0.05, 0) is 68.5 Å². The number of carbonyl (C=O) groups excluding carboxylic acids is 1. The fourth-order valence-electron chi connectivity index (χ4n) is 5.17. The zero-order valence-corrected chi connectivity index (χ0v) is 21.5. The number of halogens is 1. The van der Waals surface area contributed by atoms with Crippen molar-refractivity contribution in [3.05, 3.63) is 78.1 Å². The first-order valence-corrected chi connectivity index (χ1v) is 13.0. The Balaban J connectivity index is 1.36. The van der Waals surface area contributed by atoms with Crippen LogP contribution < -0.4 is 16.0 Å². The molecule has 6 rings (SSSR count). The lowest BCUT2D eigenvalue weighted by molar-refractivity contribution is 0.0826. The van der Waals surface area contributed by atoms with Gasteiger partial charge in [0.1, 0.15) is 23.8 Å². The summed E-state index contributed by atoms with van der Waals surface area (Å²) in [4.78, 5) is 19.4. The van der Waals surface area contributed by atoms with Crippen LogP contribution in [0.2, 0.25) is 0 Å². The molecule has 0 saturated heterocycles. The SMILES string of the molecule is Cc1c(NC(=O)OC2CCC(N)CC2)cn2ncnc(N(Cc3cccc(F)c3)c3ccc4[nH]ncc4c3)c12. The standard InChI is InChI=1S/C28H29FN8O2/c1-17-25(34-28(38)39-23-8-5-21(30)6-9-23)15-37-26(17)27(31-16-33-37)36(14-18-3-2-4-20(29)11-18)22-7-10-24-19(12-22)13-32-35-24/h2-4,7,10-13,15-16,21,23H,5-6,8-9,14,30H2,1H3,(H,32,35)(H,34,38).